The maximum atomic E-state index is 6.11. The van der Waals surface area contributed by atoms with Gasteiger partial charge in [-0.25, -0.2) is 9.97 Å². The van der Waals surface area contributed by atoms with Crippen molar-refractivity contribution in [1.29, 1.82) is 0 Å². The summed E-state index contributed by atoms with van der Waals surface area (Å²) in [5.41, 5.74) is 0. The zero-order valence-corrected chi connectivity index (χ0v) is 8.28. The van der Waals surface area contributed by atoms with E-state index in [0.717, 1.165) is 19.0 Å². The summed E-state index contributed by atoms with van der Waals surface area (Å²) < 4.78 is 0. The van der Waals surface area contributed by atoms with Crippen LogP contribution in [0.1, 0.15) is 6.92 Å². The summed E-state index contributed by atoms with van der Waals surface area (Å²) in [6.45, 7) is 3.96. The van der Waals surface area contributed by atoms with E-state index in [9.17, 15) is 0 Å². The molecule has 2 unspecified atom stereocenters. The molecule has 2 atom stereocenters. The van der Waals surface area contributed by atoms with E-state index in [4.69, 9.17) is 11.6 Å². The predicted molar refractivity (Wildman–Crippen MR) is 53.1 cm³/mol. The van der Waals surface area contributed by atoms with Crippen molar-refractivity contribution in [1.82, 2.24) is 9.97 Å². The van der Waals surface area contributed by atoms with Crippen molar-refractivity contribution >= 4 is 17.5 Å². The van der Waals surface area contributed by atoms with E-state index in [2.05, 4.69) is 21.8 Å². The molecule has 70 valence electrons. The summed E-state index contributed by atoms with van der Waals surface area (Å²) in [5.74, 6) is 1.31. The van der Waals surface area contributed by atoms with Gasteiger partial charge in [-0.05, 0) is 12.0 Å². The Morgan fingerprint density at radius 1 is 1.38 bits per heavy atom. The molecule has 1 aromatic rings. The molecular weight excluding hydrogens is 186 g/mol. The SMILES string of the molecule is CC1CN(c2ncccn2)CC1Cl. The Morgan fingerprint density at radius 3 is 2.62 bits per heavy atom. The topological polar surface area (TPSA) is 29.0 Å². The van der Waals surface area contributed by atoms with Crippen LogP contribution in [-0.2, 0) is 0 Å². The number of rotatable bonds is 1. The smallest absolute Gasteiger partial charge is 0.225 e. The highest BCUT2D eigenvalue weighted by Gasteiger charge is 2.28. The number of alkyl halides is 1. The fraction of sp³-hybridized carbons (Fsp3) is 0.556. The third-order valence-corrected chi connectivity index (χ3v) is 2.92. The van der Waals surface area contributed by atoms with E-state index in [0.29, 0.717) is 5.92 Å². The summed E-state index contributed by atoms with van der Waals surface area (Å²) in [5, 5.41) is 0.226. The van der Waals surface area contributed by atoms with Gasteiger partial charge in [0.15, 0.2) is 0 Å². The highest BCUT2D eigenvalue weighted by atomic mass is 35.5. The van der Waals surface area contributed by atoms with Crippen LogP contribution in [-0.4, -0.2) is 28.4 Å². The van der Waals surface area contributed by atoms with Crippen LogP contribution in [0.4, 0.5) is 5.95 Å². The maximum Gasteiger partial charge on any atom is 0.225 e. The minimum atomic E-state index is 0.226. The van der Waals surface area contributed by atoms with Crippen molar-refractivity contribution in [2.45, 2.75) is 12.3 Å². The highest BCUT2D eigenvalue weighted by molar-refractivity contribution is 6.21. The molecule has 0 radical (unpaired) electrons. The van der Waals surface area contributed by atoms with Crippen molar-refractivity contribution < 1.29 is 0 Å². The maximum absolute atomic E-state index is 6.11. The van der Waals surface area contributed by atoms with Crippen LogP contribution >= 0.6 is 11.6 Å². The van der Waals surface area contributed by atoms with E-state index < -0.39 is 0 Å². The number of hydrogen-bond acceptors (Lipinski definition) is 3. The van der Waals surface area contributed by atoms with E-state index in [1.807, 2.05) is 6.07 Å². The molecule has 0 aromatic carbocycles. The van der Waals surface area contributed by atoms with Crippen LogP contribution in [0.2, 0.25) is 0 Å². The number of nitrogens with zero attached hydrogens (tertiary/aromatic N) is 3. The van der Waals surface area contributed by atoms with Crippen LogP contribution < -0.4 is 4.90 Å². The molecule has 4 heteroatoms. The molecule has 1 aliphatic heterocycles. The highest BCUT2D eigenvalue weighted by Crippen LogP contribution is 2.23. The minimum Gasteiger partial charge on any atom is -0.339 e. The fourth-order valence-electron chi connectivity index (χ4n) is 1.54. The summed E-state index contributed by atoms with van der Waals surface area (Å²) in [4.78, 5) is 10.5. The monoisotopic (exact) mass is 197 g/mol. The number of halogens is 1. The lowest BCUT2D eigenvalue weighted by Gasteiger charge is -2.14. The molecule has 1 fully saturated rings. The summed E-state index contributed by atoms with van der Waals surface area (Å²) in [7, 11) is 0. The third-order valence-electron chi connectivity index (χ3n) is 2.36. The molecule has 1 aliphatic rings. The minimum absolute atomic E-state index is 0.226. The molecule has 1 saturated heterocycles. The lowest BCUT2D eigenvalue weighted by Crippen LogP contribution is -2.22. The molecule has 2 rings (SSSR count). The Bertz CT molecular complexity index is 267. The second kappa shape index (κ2) is 3.50. The molecule has 0 saturated carbocycles. The van der Waals surface area contributed by atoms with Crippen molar-refractivity contribution in [2.24, 2.45) is 5.92 Å². The van der Waals surface area contributed by atoms with Gasteiger partial charge < -0.3 is 4.90 Å². The van der Waals surface area contributed by atoms with Crippen LogP contribution in [0, 0.1) is 5.92 Å². The third kappa shape index (κ3) is 1.75. The summed E-state index contributed by atoms with van der Waals surface area (Å²) in [6.07, 6.45) is 3.52. The van der Waals surface area contributed by atoms with Gasteiger partial charge in [0, 0.05) is 25.5 Å². The van der Waals surface area contributed by atoms with E-state index in [1.165, 1.54) is 0 Å². The molecule has 0 bridgehead atoms. The standard InChI is InChI=1S/C9H12ClN3/c1-7-5-13(6-8(7)10)9-11-3-2-4-12-9/h2-4,7-8H,5-6H2,1H3. The number of aromatic nitrogens is 2. The number of hydrogen-bond donors (Lipinski definition) is 0. The van der Waals surface area contributed by atoms with Gasteiger partial charge in [0.1, 0.15) is 0 Å². The normalized spacial score (nSPS) is 28.0. The van der Waals surface area contributed by atoms with E-state index >= 15 is 0 Å². The Hall–Kier alpha value is -0.830. The summed E-state index contributed by atoms with van der Waals surface area (Å²) >= 11 is 6.11. The molecule has 0 aliphatic carbocycles. The molecule has 1 aromatic heterocycles. The van der Waals surface area contributed by atoms with Crippen LogP contribution in [0.5, 0.6) is 0 Å². The molecule has 0 spiro atoms. The van der Waals surface area contributed by atoms with E-state index in [1.54, 1.807) is 12.4 Å². The van der Waals surface area contributed by atoms with Crippen molar-refractivity contribution in [2.75, 3.05) is 18.0 Å². The van der Waals surface area contributed by atoms with Gasteiger partial charge in [-0.3, -0.25) is 0 Å². The number of anilines is 1. The van der Waals surface area contributed by atoms with Gasteiger partial charge in [0.25, 0.3) is 0 Å². The lowest BCUT2D eigenvalue weighted by molar-refractivity contribution is 0.665. The molecular formula is C9H12ClN3. The molecule has 13 heavy (non-hydrogen) atoms. The lowest BCUT2D eigenvalue weighted by atomic mass is 10.2. The van der Waals surface area contributed by atoms with Gasteiger partial charge in [0.2, 0.25) is 5.95 Å². The Labute approximate surface area is 82.8 Å². The second-order valence-corrected chi connectivity index (χ2v) is 4.01. The van der Waals surface area contributed by atoms with Crippen LogP contribution in [0.3, 0.4) is 0 Å². The van der Waals surface area contributed by atoms with Gasteiger partial charge in [0.05, 0.1) is 5.38 Å². The van der Waals surface area contributed by atoms with Gasteiger partial charge in [-0.1, -0.05) is 6.92 Å². The summed E-state index contributed by atoms with van der Waals surface area (Å²) in [6, 6.07) is 1.82. The zero-order chi connectivity index (χ0) is 9.26. The molecule has 0 N–H and O–H groups in total. The average Bonchev–Trinajstić information content (AvgIpc) is 2.49. The fourth-order valence-corrected chi connectivity index (χ4v) is 1.79. The Morgan fingerprint density at radius 2 is 2.08 bits per heavy atom. The van der Waals surface area contributed by atoms with E-state index in [-0.39, 0.29) is 5.38 Å². The van der Waals surface area contributed by atoms with Crippen LogP contribution in [0.15, 0.2) is 18.5 Å². The predicted octanol–water partition coefficient (Wildman–Crippen LogP) is 1.54. The van der Waals surface area contributed by atoms with Crippen LogP contribution in [0.25, 0.3) is 0 Å². The second-order valence-electron chi connectivity index (χ2n) is 3.45. The van der Waals surface area contributed by atoms with Crippen molar-refractivity contribution in [3.63, 3.8) is 0 Å². The largest absolute Gasteiger partial charge is 0.339 e. The van der Waals surface area contributed by atoms with Gasteiger partial charge in [-0.2, -0.15) is 0 Å². The average molecular weight is 198 g/mol. The molecule has 2 heterocycles. The first-order valence-electron chi connectivity index (χ1n) is 4.43. The van der Waals surface area contributed by atoms with Gasteiger partial charge >= 0.3 is 0 Å². The first-order chi connectivity index (χ1) is 6.27. The van der Waals surface area contributed by atoms with Crippen molar-refractivity contribution in [3.8, 4) is 0 Å². The molecule has 0 amide bonds. The molecule has 3 nitrogen and oxygen atoms in total. The Kier molecular flexibility index (Phi) is 2.36. The Balaban J connectivity index is 2.12. The quantitative estimate of drug-likeness (QED) is 0.640. The van der Waals surface area contributed by atoms with Gasteiger partial charge in [-0.15, -0.1) is 11.6 Å². The first-order valence-corrected chi connectivity index (χ1v) is 4.87. The van der Waals surface area contributed by atoms with Crippen molar-refractivity contribution in [3.05, 3.63) is 18.5 Å². The first kappa shape index (κ1) is 8.75. The zero-order valence-electron chi connectivity index (χ0n) is 7.52.